The molecule has 0 unspecified atom stereocenters. The van der Waals surface area contributed by atoms with Gasteiger partial charge in [0.15, 0.2) is 0 Å². The molecule has 1 aromatic rings. The highest BCUT2D eigenvalue weighted by molar-refractivity contribution is 7.07. The minimum atomic E-state index is -5.08. The number of carboxylic acid groups (broad SMARTS) is 1. The Morgan fingerprint density at radius 1 is 1.43 bits per heavy atom. The number of likely N-dealkylation sites (tertiary alicyclic amines) is 1. The number of hydrogen-bond donors (Lipinski definition) is 1. The van der Waals surface area contributed by atoms with Gasteiger partial charge in [-0.05, 0) is 60.5 Å². The molecule has 1 aromatic heterocycles. The van der Waals surface area contributed by atoms with Crippen molar-refractivity contribution in [3.8, 4) is 0 Å². The number of alkyl halides is 3. The molecule has 2 atom stereocenters. The summed E-state index contributed by atoms with van der Waals surface area (Å²) in [4.78, 5) is 11.5. The van der Waals surface area contributed by atoms with Crippen molar-refractivity contribution in [2.75, 3.05) is 26.3 Å². The molecule has 4 rings (SSSR count). The van der Waals surface area contributed by atoms with Gasteiger partial charge in [-0.15, -0.1) is 0 Å². The van der Waals surface area contributed by atoms with Crippen molar-refractivity contribution < 1.29 is 32.5 Å². The Kier molecular flexibility index (Phi) is 7.01. The molecule has 5 nitrogen and oxygen atoms in total. The van der Waals surface area contributed by atoms with Gasteiger partial charge in [0.05, 0.1) is 18.3 Å². The van der Waals surface area contributed by atoms with Crippen LogP contribution in [0.25, 0.3) is 0 Å². The van der Waals surface area contributed by atoms with Gasteiger partial charge in [0, 0.05) is 26.1 Å². The second kappa shape index (κ2) is 9.11. The van der Waals surface area contributed by atoms with Crippen molar-refractivity contribution in [2.24, 2.45) is 5.92 Å². The Morgan fingerprint density at radius 2 is 2.18 bits per heavy atom. The lowest BCUT2D eigenvalue weighted by Crippen LogP contribution is -2.47. The number of nitrogens with zero attached hydrogens (tertiary/aromatic N) is 1. The number of halogens is 3. The first-order valence-corrected chi connectivity index (χ1v) is 10.5. The van der Waals surface area contributed by atoms with Crippen LogP contribution in [0.5, 0.6) is 0 Å². The number of aliphatic carboxylic acids is 1. The van der Waals surface area contributed by atoms with Crippen molar-refractivity contribution in [3.63, 3.8) is 0 Å². The standard InChI is InChI=1S/C17H25NO2S.C2HF3O2/c1-5-17(8-16(11-20-17)19-10-14-2-3-14)13-18(6-1)9-15-4-7-21-12-15;3-2(4,5)1(6)7/h4,7,12,14,16H,1-3,5-6,8-11,13H2;(H,6,7)/t16-,17-;/m0./s1. The Balaban J connectivity index is 0.000000279. The summed E-state index contributed by atoms with van der Waals surface area (Å²) in [7, 11) is 0. The summed E-state index contributed by atoms with van der Waals surface area (Å²) in [5.41, 5.74) is 1.51. The highest BCUT2D eigenvalue weighted by Crippen LogP contribution is 2.37. The van der Waals surface area contributed by atoms with Gasteiger partial charge in [0.1, 0.15) is 0 Å². The molecule has 28 heavy (non-hydrogen) atoms. The van der Waals surface area contributed by atoms with Crippen LogP contribution in [0.3, 0.4) is 0 Å². The summed E-state index contributed by atoms with van der Waals surface area (Å²) >= 11 is 1.79. The predicted molar refractivity (Wildman–Crippen MR) is 98.3 cm³/mol. The number of hydrogen-bond acceptors (Lipinski definition) is 5. The van der Waals surface area contributed by atoms with E-state index in [0.29, 0.717) is 6.10 Å². The van der Waals surface area contributed by atoms with E-state index >= 15 is 0 Å². The average molecular weight is 421 g/mol. The molecule has 0 radical (unpaired) electrons. The van der Waals surface area contributed by atoms with Crippen molar-refractivity contribution in [2.45, 2.75) is 56.5 Å². The highest BCUT2D eigenvalue weighted by Gasteiger charge is 2.44. The van der Waals surface area contributed by atoms with Gasteiger partial charge < -0.3 is 14.6 Å². The van der Waals surface area contributed by atoms with Crippen LogP contribution in [-0.4, -0.2) is 60.2 Å². The molecule has 158 valence electrons. The maximum Gasteiger partial charge on any atom is 0.490 e. The van der Waals surface area contributed by atoms with Crippen LogP contribution in [0, 0.1) is 5.92 Å². The van der Waals surface area contributed by atoms with E-state index in [1.807, 2.05) is 0 Å². The second-order valence-corrected chi connectivity index (χ2v) is 8.63. The minimum Gasteiger partial charge on any atom is -0.475 e. The van der Waals surface area contributed by atoms with E-state index in [4.69, 9.17) is 19.4 Å². The molecule has 2 aliphatic heterocycles. The summed E-state index contributed by atoms with van der Waals surface area (Å²) in [6.45, 7) is 5.12. The van der Waals surface area contributed by atoms with E-state index in [0.717, 1.165) is 38.6 Å². The first kappa shape index (κ1) is 21.5. The Hall–Kier alpha value is -1.16. The molecule has 0 amide bonds. The van der Waals surface area contributed by atoms with Gasteiger partial charge in [-0.25, -0.2) is 4.79 Å². The number of piperidine rings is 1. The van der Waals surface area contributed by atoms with E-state index in [9.17, 15) is 13.2 Å². The smallest absolute Gasteiger partial charge is 0.475 e. The molecule has 1 saturated carbocycles. The van der Waals surface area contributed by atoms with Gasteiger partial charge >= 0.3 is 12.1 Å². The molecule has 3 aliphatic rings. The lowest BCUT2D eigenvalue weighted by atomic mass is 9.89. The molecule has 0 bridgehead atoms. The first-order valence-electron chi connectivity index (χ1n) is 9.55. The molecule has 3 heterocycles. The van der Waals surface area contributed by atoms with Crippen molar-refractivity contribution >= 4 is 17.3 Å². The van der Waals surface area contributed by atoms with Crippen LogP contribution in [0.2, 0.25) is 0 Å². The summed E-state index contributed by atoms with van der Waals surface area (Å²) < 4.78 is 44.0. The molecule has 1 aliphatic carbocycles. The van der Waals surface area contributed by atoms with Gasteiger partial charge in [-0.3, -0.25) is 4.90 Å². The fraction of sp³-hybridized carbons (Fsp3) is 0.737. The zero-order valence-electron chi connectivity index (χ0n) is 15.6. The summed E-state index contributed by atoms with van der Waals surface area (Å²) in [6, 6.07) is 2.24. The van der Waals surface area contributed by atoms with Crippen LogP contribution >= 0.6 is 11.3 Å². The Labute approximate surface area is 166 Å². The minimum absolute atomic E-state index is 0.0719. The third-order valence-electron chi connectivity index (χ3n) is 5.29. The quantitative estimate of drug-likeness (QED) is 0.781. The molecule has 3 fully saturated rings. The van der Waals surface area contributed by atoms with Crippen molar-refractivity contribution in [1.82, 2.24) is 4.90 Å². The molecular formula is C19H26F3NO4S. The second-order valence-electron chi connectivity index (χ2n) is 7.85. The van der Waals surface area contributed by atoms with Gasteiger partial charge in [0.25, 0.3) is 0 Å². The third kappa shape index (κ3) is 6.43. The highest BCUT2D eigenvalue weighted by atomic mass is 32.1. The van der Waals surface area contributed by atoms with Crippen molar-refractivity contribution in [3.05, 3.63) is 22.4 Å². The number of thiophene rings is 1. The number of rotatable bonds is 5. The van der Waals surface area contributed by atoms with E-state index < -0.39 is 12.1 Å². The number of carboxylic acids is 1. The molecule has 1 N–H and O–H groups in total. The van der Waals surface area contributed by atoms with Crippen LogP contribution in [0.1, 0.15) is 37.7 Å². The monoisotopic (exact) mass is 421 g/mol. The molecule has 1 spiro atoms. The van der Waals surface area contributed by atoms with Gasteiger partial charge in [0.2, 0.25) is 0 Å². The fourth-order valence-electron chi connectivity index (χ4n) is 3.72. The van der Waals surface area contributed by atoms with Crippen molar-refractivity contribution in [1.29, 1.82) is 0 Å². The van der Waals surface area contributed by atoms with E-state index in [-0.39, 0.29) is 5.60 Å². The Morgan fingerprint density at radius 3 is 2.79 bits per heavy atom. The van der Waals surface area contributed by atoms with E-state index in [1.165, 1.54) is 37.8 Å². The van der Waals surface area contributed by atoms with Crippen LogP contribution in [-0.2, 0) is 20.8 Å². The molecule has 0 aromatic carbocycles. The largest absolute Gasteiger partial charge is 0.490 e. The van der Waals surface area contributed by atoms with E-state index in [2.05, 4.69) is 21.7 Å². The fourth-order valence-corrected chi connectivity index (χ4v) is 4.38. The lowest BCUT2D eigenvalue weighted by molar-refractivity contribution is -0.192. The summed E-state index contributed by atoms with van der Waals surface area (Å²) in [5.74, 6) is -1.91. The number of ether oxygens (including phenoxy) is 2. The number of carbonyl (C=O) groups is 1. The lowest BCUT2D eigenvalue weighted by Gasteiger charge is -2.39. The maximum atomic E-state index is 10.6. The first-order chi connectivity index (χ1) is 13.3. The Bertz CT molecular complexity index is 636. The van der Waals surface area contributed by atoms with Crippen LogP contribution < -0.4 is 0 Å². The topological polar surface area (TPSA) is 59.0 Å². The van der Waals surface area contributed by atoms with Gasteiger partial charge in [-0.1, -0.05) is 0 Å². The third-order valence-corrected chi connectivity index (χ3v) is 6.02. The molecular weight excluding hydrogens is 395 g/mol. The average Bonchev–Trinajstić information content (AvgIpc) is 3.18. The normalized spacial score (nSPS) is 28.2. The zero-order chi connectivity index (χ0) is 20.2. The maximum absolute atomic E-state index is 10.6. The predicted octanol–water partition coefficient (Wildman–Crippen LogP) is 3.93. The van der Waals surface area contributed by atoms with E-state index in [1.54, 1.807) is 11.3 Å². The van der Waals surface area contributed by atoms with Gasteiger partial charge in [-0.2, -0.15) is 24.5 Å². The van der Waals surface area contributed by atoms with Crippen LogP contribution in [0.4, 0.5) is 13.2 Å². The molecule has 2 saturated heterocycles. The van der Waals surface area contributed by atoms with Crippen LogP contribution in [0.15, 0.2) is 16.8 Å². The summed E-state index contributed by atoms with van der Waals surface area (Å²) in [5, 5.41) is 11.6. The SMILES string of the molecule is O=C(O)C(F)(F)F.c1cc(CN2CCC[C@]3(C[C@H](OCC4CC4)CO3)C2)cs1. The zero-order valence-corrected chi connectivity index (χ0v) is 16.4. The molecule has 9 heteroatoms. The summed E-state index contributed by atoms with van der Waals surface area (Å²) in [6.07, 6.45) is 1.54.